The zero-order chi connectivity index (χ0) is 14.9. The Labute approximate surface area is 126 Å². The van der Waals surface area contributed by atoms with Crippen molar-refractivity contribution < 1.29 is 9.90 Å². The van der Waals surface area contributed by atoms with Crippen LogP contribution >= 0.6 is 0 Å². The fraction of sp³-hybridized carbons (Fsp3) is 0.316. The molecule has 0 saturated heterocycles. The van der Waals surface area contributed by atoms with Crippen molar-refractivity contribution in [2.75, 3.05) is 0 Å². The smallest absolute Gasteiger partial charge is 0.135 e. The Bertz CT molecular complexity index is 534. The number of aliphatic hydroxyl groups excluding tert-OH is 1. The molecule has 21 heavy (non-hydrogen) atoms. The van der Waals surface area contributed by atoms with Crippen molar-refractivity contribution in [1.82, 2.24) is 0 Å². The van der Waals surface area contributed by atoms with Crippen molar-refractivity contribution in [2.45, 2.75) is 38.2 Å². The SMILES string of the molecule is O=C(CCc1ccccc1)C[C@H](O)CCc1ccccc1. The predicted octanol–water partition coefficient (Wildman–Crippen LogP) is 3.57. The number of benzene rings is 2. The molecule has 2 nitrogen and oxygen atoms in total. The average Bonchev–Trinajstić information content (AvgIpc) is 2.53. The lowest BCUT2D eigenvalue weighted by atomic mass is 10.0. The molecule has 0 amide bonds. The molecule has 0 saturated carbocycles. The molecule has 0 radical (unpaired) electrons. The Morgan fingerprint density at radius 3 is 1.95 bits per heavy atom. The number of hydrogen-bond acceptors (Lipinski definition) is 2. The van der Waals surface area contributed by atoms with E-state index in [9.17, 15) is 9.90 Å². The highest BCUT2D eigenvalue weighted by Gasteiger charge is 2.11. The molecule has 0 aliphatic heterocycles. The summed E-state index contributed by atoms with van der Waals surface area (Å²) in [5.41, 5.74) is 2.37. The third-order valence-corrected chi connectivity index (χ3v) is 3.61. The Morgan fingerprint density at radius 2 is 1.38 bits per heavy atom. The quantitative estimate of drug-likeness (QED) is 0.803. The van der Waals surface area contributed by atoms with Crippen molar-refractivity contribution >= 4 is 5.78 Å². The molecule has 2 aromatic carbocycles. The number of carbonyl (C=O) groups is 1. The zero-order valence-electron chi connectivity index (χ0n) is 12.2. The van der Waals surface area contributed by atoms with Gasteiger partial charge in [0.1, 0.15) is 5.78 Å². The minimum absolute atomic E-state index is 0.138. The van der Waals surface area contributed by atoms with Crippen molar-refractivity contribution in [3.63, 3.8) is 0 Å². The van der Waals surface area contributed by atoms with Crippen LogP contribution in [-0.4, -0.2) is 17.0 Å². The summed E-state index contributed by atoms with van der Waals surface area (Å²) < 4.78 is 0. The predicted molar refractivity (Wildman–Crippen MR) is 85.2 cm³/mol. The monoisotopic (exact) mass is 282 g/mol. The second-order valence-corrected chi connectivity index (χ2v) is 5.41. The first kappa shape index (κ1) is 15.5. The summed E-state index contributed by atoms with van der Waals surface area (Å²) in [6.07, 6.45) is 2.44. The molecule has 0 unspecified atom stereocenters. The van der Waals surface area contributed by atoms with Crippen molar-refractivity contribution in [2.24, 2.45) is 0 Å². The first-order valence-corrected chi connectivity index (χ1v) is 7.51. The molecule has 0 aromatic heterocycles. The third-order valence-electron chi connectivity index (χ3n) is 3.61. The van der Waals surface area contributed by atoms with Crippen LogP contribution < -0.4 is 0 Å². The van der Waals surface area contributed by atoms with Gasteiger partial charge in [-0.15, -0.1) is 0 Å². The van der Waals surface area contributed by atoms with Crippen molar-refractivity contribution in [3.05, 3.63) is 71.8 Å². The van der Waals surface area contributed by atoms with E-state index in [0.717, 1.165) is 12.8 Å². The third kappa shape index (κ3) is 5.92. The van der Waals surface area contributed by atoms with Gasteiger partial charge in [-0.2, -0.15) is 0 Å². The van der Waals surface area contributed by atoms with Crippen LogP contribution in [0.1, 0.15) is 30.4 Å². The van der Waals surface area contributed by atoms with Crippen LogP contribution in [0.2, 0.25) is 0 Å². The number of Topliss-reactive ketones (excluding diaryl/α,β-unsaturated/α-hetero) is 1. The molecule has 0 heterocycles. The van der Waals surface area contributed by atoms with Gasteiger partial charge in [0.25, 0.3) is 0 Å². The minimum atomic E-state index is -0.534. The number of aryl methyl sites for hydroxylation is 2. The van der Waals surface area contributed by atoms with Crippen molar-refractivity contribution in [3.8, 4) is 0 Å². The van der Waals surface area contributed by atoms with Gasteiger partial charge in [0.05, 0.1) is 6.10 Å². The maximum atomic E-state index is 11.9. The highest BCUT2D eigenvalue weighted by atomic mass is 16.3. The van der Waals surface area contributed by atoms with Gasteiger partial charge in [-0.05, 0) is 30.4 Å². The zero-order valence-corrected chi connectivity index (χ0v) is 12.2. The topological polar surface area (TPSA) is 37.3 Å². The van der Waals surface area contributed by atoms with Crippen LogP contribution in [0.15, 0.2) is 60.7 Å². The van der Waals surface area contributed by atoms with Crippen LogP contribution in [0, 0.1) is 0 Å². The summed E-state index contributed by atoms with van der Waals surface area (Å²) in [6.45, 7) is 0. The first-order chi connectivity index (χ1) is 10.2. The fourth-order valence-electron chi connectivity index (χ4n) is 2.37. The Hall–Kier alpha value is -1.93. The second kappa shape index (κ2) is 8.38. The van der Waals surface area contributed by atoms with Gasteiger partial charge in [0, 0.05) is 12.8 Å². The number of rotatable bonds is 8. The van der Waals surface area contributed by atoms with Crippen LogP contribution in [0.3, 0.4) is 0 Å². The largest absolute Gasteiger partial charge is 0.393 e. The maximum absolute atomic E-state index is 11.9. The highest BCUT2D eigenvalue weighted by Crippen LogP contribution is 2.10. The molecule has 2 heteroatoms. The van der Waals surface area contributed by atoms with Crippen LogP contribution in [0.4, 0.5) is 0 Å². The maximum Gasteiger partial charge on any atom is 0.135 e. The van der Waals surface area contributed by atoms with E-state index in [1.807, 2.05) is 60.7 Å². The van der Waals surface area contributed by atoms with Gasteiger partial charge >= 0.3 is 0 Å². The lowest BCUT2D eigenvalue weighted by Crippen LogP contribution is -2.14. The van der Waals surface area contributed by atoms with Gasteiger partial charge < -0.3 is 5.11 Å². The molecule has 1 N–H and O–H groups in total. The van der Waals surface area contributed by atoms with E-state index in [0.29, 0.717) is 12.8 Å². The Balaban J connectivity index is 1.67. The molecular weight excluding hydrogens is 260 g/mol. The van der Waals surface area contributed by atoms with E-state index in [1.165, 1.54) is 11.1 Å². The van der Waals surface area contributed by atoms with E-state index in [4.69, 9.17) is 0 Å². The standard InChI is InChI=1S/C19H22O2/c20-18(13-11-16-7-3-1-4-8-16)15-19(21)14-12-17-9-5-2-6-10-17/h1-10,18,20H,11-15H2/t18-/m1/s1. The number of hydrogen-bond donors (Lipinski definition) is 1. The molecule has 2 aromatic rings. The summed E-state index contributed by atoms with van der Waals surface area (Å²) in [7, 11) is 0. The fourth-order valence-corrected chi connectivity index (χ4v) is 2.37. The van der Waals surface area contributed by atoms with Gasteiger partial charge in [0.15, 0.2) is 0 Å². The highest BCUT2D eigenvalue weighted by molar-refractivity contribution is 5.79. The summed E-state index contributed by atoms with van der Waals surface area (Å²) in [4.78, 5) is 11.9. The van der Waals surface area contributed by atoms with Crippen LogP contribution in [0.5, 0.6) is 0 Å². The molecule has 2 rings (SSSR count). The van der Waals surface area contributed by atoms with Gasteiger partial charge in [-0.3, -0.25) is 4.79 Å². The van der Waals surface area contributed by atoms with E-state index in [2.05, 4.69) is 0 Å². The van der Waals surface area contributed by atoms with E-state index >= 15 is 0 Å². The van der Waals surface area contributed by atoms with Crippen LogP contribution in [0.25, 0.3) is 0 Å². The van der Waals surface area contributed by atoms with Gasteiger partial charge in [-0.1, -0.05) is 60.7 Å². The normalized spacial score (nSPS) is 12.0. The summed E-state index contributed by atoms with van der Waals surface area (Å²) >= 11 is 0. The van der Waals surface area contributed by atoms with E-state index < -0.39 is 6.10 Å². The van der Waals surface area contributed by atoms with Crippen LogP contribution in [-0.2, 0) is 17.6 Å². The molecule has 1 atom stereocenters. The average molecular weight is 282 g/mol. The molecule has 0 fully saturated rings. The lowest BCUT2D eigenvalue weighted by Gasteiger charge is -2.10. The van der Waals surface area contributed by atoms with Gasteiger partial charge in [-0.25, -0.2) is 0 Å². The van der Waals surface area contributed by atoms with Gasteiger partial charge in [0.2, 0.25) is 0 Å². The van der Waals surface area contributed by atoms with E-state index in [-0.39, 0.29) is 12.2 Å². The number of ketones is 1. The molecular formula is C19H22O2. The summed E-state index contributed by atoms with van der Waals surface area (Å²) in [5, 5.41) is 9.96. The van der Waals surface area contributed by atoms with E-state index in [1.54, 1.807) is 0 Å². The molecule has 110 valence electrons. The minimum Gasteiger partial charge on any atom is -0.393 e. The second-order valence-electron chi connectivity index (χ2n) is 5.41. The number of aliphatic hydroxyl groups is 1. The number of carbonyl (C=O) groups excluding carboxylic acids is 1. The Morgan fingerprint density at radius 1 is 0.857 bits per heavy atom. The Kier molecular flexibility index (Phi) is 6.17. The first-order valence-electron chi connectivity index (χ1n) is 7.51. The molecule has 0 bridgehead atoms. The lowest BCUT2D eigenvalue weighted by molar-refractivity contribution is -0.120. The molecule has 0 aliphatic rings. The van der Waals surface area contributed by atoms with Crippen molar-refractivity contribution in [1.29, 1.82) is 0 Å². The molecule has 0 spiro atoms. The molecule has 0 aliphatic carbocycles. The summed E-state index contributed by atoms with van der Waals surface area (Å²) in [5.74, 6) is 0.138. The summed E-state index contributed by atoms with van der Waals surface area (Å²) in [6, 6.07) is 20.0.